The topological polar surface area (TPSA) is 109 Å². The molecule has 0 aliphatic heterocycles. The minimum atomic E-state index is -1.18. The fraction of sp³-hybridized carbons (Fsp3) is 1.00. The van der Waals surface area contributed by atoms with Gasteiger partial charge in [-0.3, -0.25) is 0 Å². The fourth-order valence-electron chi connectivity index (χ4n) is 1.61. The average Bonchev–Trinajstić information content (AvgIpc) is 2.08. The number of rotatable bonds is 1. The van der Waals surface area contributed by atoms with Crippen molar-refractivity contribution in [3.63, 3.8) is 0 Å². The van der Waals surface area contributed by atoms with Crippen LogP contribution in [0.1, 0.15) is 6.42 Å². The summed E-state index contributed by atoms with van der Waals surface area (Å²) in [7, 11) is 0. The zero-order valence-electron chi connectivity index (χ0n) is 6.80. The lowest BCUT2D eigenvalue weighted by molar-refractivity contribution is -0.455. The maximum Gasteiger partial charge on any atom is 0.134 e. The van der Waals surface area contributed by atoms with Gasteiger partial charge in [-0.15, -0.1) is 0 Å². The smallest absolute Gasteiger partial charge is 0.134 e. The second-order valence-electron chi connectivity index (χ2n) is 3.41. The van der Waals surface area contributed by atoms with E-state index in [1.165, 1.54) is 0 Å². The molecular weight excluding hydrogens is 162 g/mol. The number of aliphatic hydroxyl groups excluding tert-OH is 4. The quantitative estimate of drug-likeness (QED) is 0.290. The molecule has 1 fully saturated rings. The summed E-state index contributed by atoms with van der Waals surface area (Å²) in [6, 6.07) is -0.319. The van der Waals surface area contributed by atoms with E-state index in [2.05, 4.69) is 5.73 Å². The molecule has 0 bridgehead atoms. The Morgan fingerprint density at radius 2 is 1.67 bits per heavy atom. The Labute approximate surface area is 70.4 Å². The highest BCUT2D eigenvalue weighted by Gasteiger charge is 2.42. The maximum absolute atomic E-state index is 9.33. The van der Waals surface area contributed by atoms with Crippen LogP contribution in [0.15, 0.2) is 0 Å². The molecule has 1 rings (SSSR count). The van der Waals surface area contributed by atoms with Crippen LogP contribution in [0.3, 0.4) is 0 Å². The number of hydrogen-bond donors (Lipinski definition) is 5. The molecule has 5 atom stereocenters. The van der Waals surface area contributed by atoms with E-state index >= 15 is 0 Å². The van der Waals surface area contributed by atoms with E-state index in [4.69, 9.17) is 5.11 Å². The Balaban J connectivity index is 2.63. The van der Waals surface area contributed by atoms with Gasteiger partial charge in [0.25, 0.3) is 0 Å². The Bertz CT molecular complexity index is 150. The van der Waals surface area contributed by atoms with Crippen molar-refractivity contribution in [3.8, 4) is 0 Å². The number of hydrogen-bond acceptors (Lipinski definition) is 4. The van der Waals surface area contributed by atoms with E-state index < -0.39 is 18.3 Å². The third-order valence-electron chi connectivity index (χ3n) is 2.51. The van der Waals surface area contributed by atoms with Crippen LogP contribution in [0.2, 0.25) is 0 Å². The Morgan fingerprint density at radius 1 is 1.08 bits per heavy atom. The predicted molar refractivity (Wildman–Crippen MR) is 39.9 cm³/mol. The lowest BCUT2D eigenvalue weighted by atomic mass is 9.80. The molecule has 5 nitrogen and oxygen atoms in total. The number of quaternary nitrogens is 1. The first-order valence-electron chi connectivity index (χ1n) is 4.06. The van der Waals surface area contributed by atoms with Crippen molar-refractivity contribution in [1.82, 2.24) is 0 Å². The van der Waals surface area contributed by atoms with Gasteiger partial charge in [0, 0.05) is 18.9 Å². The van der Waals surface area contributed by atoms with Crippen LogP contribution in [0.25, 0.3) is 0 Å². The summed E-state index contributed by atoms with van der Waals surface area (Å²) < 4.78 is 0. The van der Waals surface area contributed by atoms with Crippen molar-refractivity contribution >= 4 is 0 Å². The van der Waals surface area contributed by atoms with Gasteiger partial charge in [0.05, 0.1) is 6.10 Å². The zero-order valence-corrected chi connectivity index (χ0v) is 6.80. The molecule has 0 aromatic heterocycles. The molecule has 0 aromatic rings. The minimum absolute atomic E-state index is 0.184. The van der Waals surface area contributed by atoms with Gasteiger partial charge in [-0.25, -0.2) is 0 Å². The third kappa shape index (κ3) is 1.60. The van der Waals surface area contributed by atoms with Gasteiger partial charge in [-0.05, 0) is 0 Å². The van der Waals surface area contributed by atoms with E-state index in [-0.39, 0.29) is 18.6 Å². The van der Waals surface area contributed by atoms with Crippen LogP contribution in [0, 0.1) is 5.92 Å². The van der Waals surface area contributed by atoms with Crippen molar-refractivity contribution in [2.45, 2.75) is 30.8 Å². The standard InChI is InChI=1S/C7H15NO4/c8-4-1-3(2-9)5(10)7(12)6(4)11/h3-7,9-12H,1-2,8H2/p+1/t3-,4+,5-,6+,7+/m1/s1. The van der Waals surface area contributed by atoms with E-state index in [0.717, 1.165) is 0 Å². The van der Waals surface area contributed by atoms with Gasteiger partial charge in [-0.2, -0.15) is 0 Å². The zero-order chi connectivity index (χ0) is 9.30. The van der Waals surface area contributed by atoms with Crippen molar-refractivity contribution in [2.75, 3.05) is 6.61 Å². The van der Waals surface area contributed by atoms with Crippen molar-refractivity contribution in [3.05, 3.63) is 0 Å². The molecule has 12 heavy (non-hydrogen) atoms. The number of aliphatic hydroxyl groups is 4. The van der Waals surface area contributed by atoms with Crippen LogP contribution in [0.5, 0.6) is 0 Å². The summed E-state index contributed by atoms with van der Waals surface area (Å²) in [6.07, 6.45) is -2.76. The fourth-order valence-corrected chi connectivity index (χ4v) is 1.61. The average molecular weight is 178 g/mol. The molecule has 0 radical (unpaired) electrons. The summed E-state index contributed by atoms with van der Waals surface area (Å²) >= 11 is 0. The van der Waals surface area contributed by atoms with Crippen LogP contribution in [0.4, 0.5) is 0 Å². The van der Waals surface area contributed by atoms with Gasteiger partial charge < -0.3 is 26.2 Å². The lowest BCUT2D eigenvalue weighted by Gasteiger charge is -2.36. The summed E-state index contributed by atoms with van der Waals surface area (Å²) in [6.45, 7) is -0.184. The molecule has 5 heteroatoms. The van der Waals surface area contributed by atoms with Crippen LogP contribution in [-0.4, -0.2) is 51.4 Å². The van der Waals surface area contributed by atoms with E-state index in [0.29, 0.717) is 6.42 Å². The van der Waals surface area contributed by atoms with Crippen molar-refractivity contribution in [1.29, 1.82) is 0 Å². The predicted octanol–water partition coefficient (Wildman–Crippen LogP) is -3.31. The molecule has 0 aromatic carbocycles. The molecule has 0 spiro atoms. The van der Waals surface area contributed by atoms with Gasteiger partial charge >= 0.3 is 0 Å². The van der Waals surface area contributed by atoms with Crippen molar-refractivity contribution < 1.29 is 26.2 Å². The van der Waals surface area contributed by atoms with Gasteiger partial charge in [0.1, 0.15) is 18.2 Å². The molecule has 1 aliphatic carbocycles. The summed E-state index contributed by atoms with van der Waals surface area (Å²) in [5.41, 5.74) is 3.63. The molecular formula is C7H16NO4+. The lowest BCUT2D eigenvalue weighted by Crippen LogP contribution is -2.73. The highest BCUT2D eigenvalue weighted by molar-refractivity contribution is 4.91. The van der Waals surface area contributed by atoms with E-state index in [1.807, 2.05) is 0 Å². The minimum Gasteiger partial charge on any atom is -0.396 e. The van der Waals surface area contributed by atoms with Crippen LogP contribution in [-0.2, 0) is 0 Å². The molecule has 72 valence electrons. The van der Waals surface area contributed by atoms with Gasteiger partial charge in [-0.1, -0.05) is 0 Å². The highest BCUT2D eigenvalue weighted by Crippen LogP contribution is 2.23. The first-order chi connectivity index (χ1) is 5.57. The summed E-state index contributed by atoms with van der Waals surface area (Å²) in [5, 5.41) is 36.7. The molecule has 1 saturated carbocycles. The monoisotopic (exact) mass is 178 g/mol. The first kappa shape index (κ1) is 9.88. The second kappa shape index (κ2) is 3.68. The Hall–Kier alpha value is -0.200. The Morgan fingerprint density at radius 3 is 2.17 bits per heavy atom. The second-order valence-corrected chi connectivity index (χ2v) is 3.41. The Kier molecular flexibility index (Phi) is 3.03. The largest absolute Gasteiger partial charge is 0.396 e. The molecule has 0 unspecified atom stereocenters. The first-order valence-corrected chi connectivity index (χ1v) is 4.06. The van der Waals surface area contributed by atoms with E-state index in [1.54, 1.807) is 0 Å². The van der Waals surface area contributed by atoms with Gasteiger partial charge in [0.2, 0.25) is 0 Å². The van der Waals surface area contributed by atoms with Crippen LogP contribution >= 0.6 is 0 Å². The van der Waals surface area contributed by atoms with Crippen LogP contribution < -0.4 is 5.73 Å². The van der Waals surface area contributed by atoms with E-state index in [9.17, 15) is 15.3 Å². The molecule has 0 amide bonds. The molecule has 7 N–H and O–H groups in total. The van der Waals surface area contributed by atoms with Gasteiger partial charge in [0.15, 0.2) is 0 Å². The molecule has 0 saturated heterocycles. The third-order valence-corrected chi connectivity index (χ3v) is 2.51. The molecule has 0 heterocycles. The summed E-state index contributed by atoms with van der Waals surface area (Å²) in [5.74, 6) is -0.370. The SMILES string of the molecule is [NH3+][C@H]1C[C@H](CO)[C@@H](O)[C@H](O)[C@H]1O. The normalized spacial score (nSPS) is 49.2. The highest BCUT2D eigenvalue weighted by atomic mass is 16.4. The summed E-state index contributed by atoms with van der Waals surface area (Å²) in [4.78, 5) is 0. The van der Waals surface area contributed by atoms with Crippen molar-refractivity contribution in [2.24, 2.45) is 5.92 Å². The maximum atomic E-state index is 9.33. The molecule has 1 aliphatic rings.